The van der Waals surface area contributed by atoms with Gasteiger partial charge < -0.3 is 15.4 Å². The van der Waals surface area contributed by atoms with Crippen LogP contribution in [-0.2, 0) is 13.1 Å². The van der Waals surface area contributed by atoms with Crippen LogP contribution in [0.15, 0.2) is 41.8 Å². The van der Waals surface area contributed by atoms with Gasteiger partial charge in [-0.25, -0.2) is 4.39 Å². The van der Waals surface area contributed by atoms with Crippen LogP contribution in [0.1, 0.15) is 32.2 Å². The number of halogens is 2. The Bertz CT molecular complexity index is 1340. The number of carbonyl (C=O) groups excluding carboxylic acids is 1. The number of hydrogen-bond acceptors (Lipinski definition) is 6. The van der Waals surface area contributed by atoms with Crippen molar-refractivity contribution in [3.05, 3.63) is 90.1 Å². The van der Waals surface area contributed by atoms with Crippen LogP contribution < -0.4 is 5.32 Å². The van der Waals surface area contributed by atoms with E-state index in [1.54, 1.807) is 42.1 Å². The average Bonchev–Trinajstić information content (AvgIpc) is 3.45. The Morgan fingerprint density at radius 2 is 1.91 bits per heavy atom. The van der Waals surface area contributed by atoms with Gasteiger partial charge in [0.15, 0.2) is 5.82 Å². The maximum absolute atomic E-state index is 14.1. The van der Waals surface area contributed by atoms with E-state index in [0.29, 0.717) is 33.5 Å². The molecule has 0 aliphatic heterocycles. The Labute approximate surface area is 196 Å². The third-order valence-corrected chi connectivity index (χ3v) is 6.29. The minimum absolute atomic E-state index is 0.131. The Morgan fingerprint density at radius 3 is 2.61 bits per heavy atom. The highest BCUT2D eigenvalue weighted by Gasteiger charge is 2.18. The van der Waals surface area contributed by atoms with Crippen molar-refractivity contribution in [2.45, 2.75) is 26.9 Å². The average molecular weight is 489 g/mol. The summed E-state index contributed by atoms with van der Waals surface area (Å²) in [5.74, 6) is -0.656. The van der Waals surface area contributed by atoms with E-state index >= 15 is 0 Å². The zero-order chi connectivity index (χ0) is 23.7. The van der Waals surface area contributed by atoms with Crippen LogP contribution in [0.2, 0.25) is 5.02 Å². The summed E-state index contributed by atoms with van der Waals surface area (Å²) in [4.78, 5) is 23.5. The number of nitrogens with one attached hydrogen (secondary N) is 1. The molecule has 33 heavy (non-hydrogen) atoms. The fraction of sp³-hybridized carbons (Fsp3) is 0.190. The predicted octanol–water partition coefficient (Wildman–Crippen LogP) is 4.81. The monoisotopic (exact) mass is 488 g/mol. The fourth-order valence-electron chi connectivity index (χ4n) is 3.23. The maximum atomic E-state index is 14.1. The molecule has 1 aromatic carbocycles. The van der Waals surface area contributed by atoms with Gasteiger partial charge in [-0.05, 0) is 47.9 Å². The molecule has 1 N–H and O–H groups in total. The van der Waals surface area contributed by atoms with Crippen LogP contribution in [0.3, 0.4) is 0 Å². The van der Waals surface area contributed by atoms with Gasteiger partial charge >= 0.3 is 5.82 Å². The lowest BCUT2D eigenvalue weighted by Crippen LogP contribution is -2.12. The normalized spacial score (nSPS) is 11.0. The second kappa shape index (κ2) is 9.12. The zero-order valence-corrected chi connectivity index (χ0v) is 19.2. The number of aromatic nitrogens is 4. The molecule has 0 atom stereocenters. The SMILES string of the molecule is Cc1cc(NC(=O)c2cc(Cn3nc([N+](=O)[O-])cc3C)cs2)nn1Cc1c(F)cccc1Cl. The van der Waals surface area contributed by atoms with Gasteiger partial charge in [0.2, 0.25) is 0 Å². The molecule has 1 amide bonds. The zero-order valence-electron chi connectivity index (χ0n) is 17.6. The summed E-state index contributed by atoms with van der Waals surface area (Å²) in [7, 11) is 0. The molecule has 0 unspecified atom stereocenters. The third-order valence-electron chi connectivity index (χ3n) is 4.96. The number of rotatable bonds is 7. The van der Waals surface area contributed by atoms with Crippen molar-refractivity contribution in [2.75, 3.05) is 5.32 Å². The van der Waals surface area contributed by atoms with Crippen molar-refractivity contribution < 1.29 is 14.1 Å². The first kappa shape index (κ1) is 22.6. The van der Waals surface area contributed by atoms with Crippen LogP contribution in [0, 0.1) is 29.8 Å². The Morgan fingerprint density at radius 1 is 1.18 bits per heavy atom. The lowest BCUT2D eigenvalue weighted by Gasteiger charge is -2.07. The van der Waals surface area contributed by atoms with E-state index in [2.05, 4.69) is 15.5 Å². The molecule has 4 rings (SSSR count). The molecule has 0 bridgehead atoms. The van der Waals surface area contributed by atoms with E-state index in [-0.39, 0.29) is 18.3 Å². The molecule has 4 aromatic rings. The summed E-state index contributed by atoms with van der Waals surface area (Å²) >= 11 is 7.34. The predicted molar refractivity (Wildman–Crippen MR) is 122 cm³/mol. The third kappa shape index (κ3) is 4.94. The summed E-state index contributed by atoms with van der Waals surface area (Å²) in [6.45, 7) is 3.96. The van der Waals surface area contributed by atoms with Crippen molar-refractivity contribution in [1.29, 1.82) is 0 Å². The molecule has 0 spiro atoms. The summed E-state index contributed by atoms with van der Waals surface area (Å²) in [5, 5.41) is 24.0. The Hall–Kier alpha value is -3.57. The molecule has 0 fully saturated rings. The Kier molecular flexibility index (Phi) is 6.25. The molecule has 0 saturated carbocycles. The van der Waals surface area contributed by atoms with E-state index in [1.807, 2.05) is 0 Å². The van der Waals surface area contributed by atoms with Crippen LogP contribution in [0.25, 0.3) is 0 Å². The lowest BCUT2D eigenvalue weighted by molar-refractivity contribution is -0.389. The molecule has 12 heteroatoms. The molecule has 170 valence electrons. The highest BCUT2D eigenvalue weighted by Crippen LogP contribution is 2.23. The molecule has 3 aromatic heterocycles. The van der Waals surface area contributed by atoms with Crippen LogP contribution in [0.4, 0.5) is 16.0 Å². The maximum Gasteiger partial charge on any atom is 0.390 e. The van der Waals surface area contributed by atoms with Crippen LogP contribution in [0.5, 0.6) is 0 Å². The van der Waals surface area contributed by atoms with Crippen molar-refractivity contribution in [3.8, 4) is 0 Å². The van der Waals surface area contributed by atoms with Gasteiger partial charge in [-0.15, -0.1) is 11.3 Å². The summed E-state index contributed by atoms with van der Waals surface area (Å²) < 4.78 is 17.2. The van der Waals surface area contributed by atoms with Crippen molar-refractivity contribution in [1.82, 2.24) is 19.6 Å². The summed E-state index contributed by atoms with van der Waals surface area (Å²) in [6.07, 6.45) is 0. The topological polar surface area (TPSA) is 108 Å². The summed E-state index contributed by atoms with van der Waals surface area (Å²) in [5.41, 5.74) is 2.49. The van der Waals surface area contributed by atoms with E-state index in [9.17, 15) is 19.3 Å². The van der Waals surface area contributed by atoms with Crippen LogP contribution >= 0.6 is 22.9 Å². The number of hydrogen-bond donors (Lipinski definition) is 1. The Balaban J connectivity index is 1.45. The summed E-state index contributed by atoms with van der Waals surface area (Å²) in [6, 6.07) is 9.27. The minimum atomic E-state index is -0.544. The number of amides is 1. The van der Waals surface area contributed by atoms with Crippen LogP contribution in [-0.4, -0.2) is 30.4 Å². The largest absolute Gasteiger partial charge is 0.390 e. The quantitative estimate of drug-likeness (QED) is 0.297. The van der Waals surface area contributed by atoms with Gasteiger partial charge in [0.1, 0.15) is 5.82 Å². The second-order valence-electron chi connectivity index (χ2n) is 7.36. The number of nitrogens with zero attached hydrogens (tertiary/aromatic N) is 5. The fourth-order valence-corrected chi connectivity index (χ4v) is 4.26. The standard InChI is InChI=1S/C21H18ClFN6O3S/c1-12-6-19(25-28(12)10-15-16(22)4-3-5-17(15)23)24-21(30)18-8-14(11-33-18)9-27-13(2)7-20(26-27)29(31)32/h3-8,11H,9-10H2,1-2H3,(H,24,25,30). The van der Waals surface area contributed by atoms with E-state index in [0.717, 1.165) is 11.3 Å². The van der Waals surface area contributed by atoms with Gasteiger partial charge in [0.05, 0.1) is 34.8 Å². The lowest BCUT2D eigenvalue weighted by atomic mass is 10.2. The van der Waals surface area contributed by atoms with Gasteiger partial charge in [-0.1, -0.05) is 17.7 Å². The molecule has 3 heterocycles. The van der Waals surface area contributed by atoms with E-state index in [1.165, 1.54) is 34.2 Å². The number of benzene rings is 1. The number of anilines is 1. The van der Waals surface area contributed by atoms with E-state index < -0.39 is 10.7 Å². The van der Waals surface area contributed by atoms with E-state index in [4.69, 9.17) is 11.6 Å². The molecule has 0 aliphatic carbocycles. The van der Waals surface area contributed by atoms with Gasteiger partial charge in [0.25, 0.3) is 5.91 Å². The second-order valence-corrected chi connectivity index (χ2v) is 8.68. The van der Waals surface area contributed by atoms with Crippen molar-refractivity contribution in [3.63, 3.8) is 0 Å². The number of carbonyl (C=O) groups is 1. The van der Waals surface area contributed by atoms with Crippen molar-refractivity contribution >= 4 is 40.5 Å². The molecule has 0 aliphatic rings. The first-order chi connectivity index (χ1) is 15.7. The minimum Gasteiger partial charge on any atom is -0.358 e. The smallest absolute Gasteiger partial charge is 0.358 e. The van der Waals surface area contributed by atoms with Crippen molar-refractivity contribution in [2.24, 2.45) is 0 Å². The first-order valence-electron chi connectivity index (χ1n) is 9.76. The van der Waals surface area contributed by atoms with Gasteiger partial charge in [-0.3, -0.25) is 9.48 Å². The highest BCUT2D eigenvalue weighted by atomic mass is 35.5. The molecule has 0 saturated heterocycles. The van der Waals surface area contributed by atoms with Gasteiger partial charge in [0, 0.05) is 22.3 Å². The first-order valence-corrected chi connectivity index (χ1v) is 11.0. The number of thiophene rings is 1. The molecule has 0 radical (unpaired) electrons. The molecule has 9 nitrogen and oxygen atoms in total. The van der Waals surface area contributed by atoms with Gasteiger partial charge in [-0.2, -0.15) is 9.78 Å². The number of nitro groups is 1. The number of aryl methyl sites for hydroxylation is 2. The molecular formula is C21H18ClFN6O3S. The molecular weight excluding hydrogens is 471 g/mol. The highest BCUT2D eigenvalue weighted by molar-refractivity contribution is 7.12.